The van der Waals surface area contributed by atoms with Crippen LogP contribution in [0.1, 0.15) is 0 Å². The zero-order chi connectivity index (χ0) is 30.6. The van der Waals surface area contributed by atoms with Crippen LogP contribution >= 0.6 is 0 Å². The zero-order valence-corrected chi connectivity index (χ0v) is 27.3. The predicted molar refractivity (Wildman–Crippen MR) is 181 cm³/mol. The van der Waals surface area contributed by atoms with Crippen molar-refractivity contribution in [3.05, 3.63) is 147 Å². The van der Waals surface area contributed by atoms with E-state index in [9.17, 15) is 0 Å². The molecule has 4 heterocycles. The van der Waals surface area contributed by atoms with Crippen LogP contribution in [0, 0.1) is 18.8 Å². The van der Waals surface area contributed by atoms with Crippen LogP contribution < -0.4 is 14.5 Å². The van der Waals surface area contributed by atoms with Crippen LogP contribution in [0.2, 0.25) is 0 Å². The summed E-state index contributed by atoms with van der Waals surface area (Å²) in [6.45, 7) is 1.97. The van der Waals surface area contributed by atoms with E-state index in [1.165, 1.54) is 0 Å². The van der Waals surface area contributed by atoms with Gasteiger partial charge in [0.2, 0.25) is 0 Å². The normalized spacial score (nSPS) is 12.8. The summed E-state index contributed by atoms with van der Waals surface area (Å²) >= 11 is 0. The Hall–Kier alpha value is -5.52. The maximum atomic E-state index is 6.84. The number of nitrogens with zero attached hydrogens (tertiary/aromatic N) is 4. The van der Waals surface area contributed by atoms with Gasteiger partial charge >= 0.3 is 0 Å². The summed E-state index contributed by atoms with van der Waals surface area (Å²) in [5.41, 5.74) is 5.36. The summed E-state index contributed by atoms with van der Waals surface area (Å²) in [4.78, 5) is 10.7. The minimum atomic E-state index is 0. The molecule has 0 atom stereocenters. The molecule has 0 unspecified atom stereocenters. The summed E-state index contributed by atoms with van der Waals surface area (Å²) in [6, 6.07) is 43.0. The molecular weight excluding hydrogens is 768 g/mol. The summed E-state index contributed by atoms with van der Waals surface area (Å²) in [5, 5.41) is 3.69. The number of furan rings is 2. The fourth-order valence-electron chi connectivity index (χ4n) is 6.05. The second kappa shape index (κ2) is 11.7. The molecule has 0 aliphatic carbocycles. The molecule has 0 saturated carbocycles. The number of ether oxygens (including phenoxy) is 1. The van der Waals surface area contributed by atoms with E-state index < -0.39 is 0 Å². The number of benzene rings is 5. The maximum absolute atomic E-state index is 6.84. The van der Waals surface area contributed by atoms with Gasteiger partial charge in [-0.1, -0.05) is 77.4 Å². The molecule has 0 saturated heterocycles. The number of pyridine rings is 1. The van der Waals surface area contributed by atoms with Crippen molar-refractivity contribution in [2.45, 2.75) is 0 Å². The number of hydrogen-bond acceptors (Lipinski definition) is 7. The topological polar surface area (TPSA) is 58.1 Å². The van der Waals surface area contributed by atoms with E-state index in [1.807, 2.05) is 144 Å². The van der Waals surface area contributed by atoms with Gasteiger partial charge < -0.3 is 28.3 Å². The maximum Gasteiger partial charge on any atom is 0.135 e. The van der Waals surface area contributed by atoms with Gasteiger partial charge in [0, 0.05) is 61.0 Å². The van der Waals surface area contributed by atoms with Crippen molar-refractivity contribution in [3.63, 3.8) is 0 Å². The summed E-state index contributed by atoms with van der Waals surface area (Å²) in [7, 11) is 1.98. The average Bonchev–Trinajstić information content (AvgIpc) is 3.80. The van der Waals surface area contributed by atoms with Crippen LogP contribution in [0.25, 0.3) is 43.9 Å². The Labute approximate surface area is 285 Å². The molecule has 47 heavy (non-hydrogen) atoms. The van der Waals surface area contributed by atoms with Crippen LogP contribution in [0.15, 0.2) is 137 Å². The van der Waals surface area contributed by atoms with E-state index in [-0.39, 0.29) is 21.1 Å². The Morgan fingerprint density at radius 3 is 2.26 bits per heavy atom. The third kappa shape index (κ3) is 5.00. The molecule has 232 valence electrons. The van der Waals surface area contributed by atoms with E-state index in [0.29, 0.717) is 17.1 Å². The smallest absolute Gasteiger partial charge is 0.135 e. The molecule has 1 aliphatic rings. The van der Waals surface area contributed by atoms with Gasteiger partial charge in [-0.2, -0.15) is 6.67 Å². The molecule has 8 heteroatoms. The second-order valence-corrected chi connectivity index (χ2v) is 11.1. The first-order valence-electron chi connectivity index (χ1n) is 14.9. The van der Waals surface area contributed by atoms with Gasteiger partial charge in [-0.15, -0.1) is 24.3 Å². The van der Waals surface area contributed by atoms with Crippen molar-refractivity contribution < 1.29 is 34.6 Å². The number of hydrogen-bond donors (Lipinski definition) is 0. The zero-order valence-electron chi connectivity index (χ0n) is 25.0. The van der Waals surface area contributed by atoms with E-state index in [4.69, 9.17) is 13.6 Å². The van der Waals surface area contributed by atoms with E-state index in [0.717, 1.165) is 61.2 Å². The molecular formula is C39H25N4O3Pt-3. The van der Waals surface area contributed by atoms with Crippen molar-refractivity contribution in [3.8, 4) is 11.5 Å². The van der Waals surface area contributed by atoms with Gasteiger partial charge in [-0.25, -0.2) is 4.98 Å². The Kier molecular flexibility index (Phi) is 7.19. The third-order valence-corrected chi connectivity index (χ3v) is 8.10. The Morgan fingerprint density at radius 1 is 0.745 bits per heavy atom. The molecule has 8 aromatic rings. The molecule has 0 N–H and O–H groups in total. The molecule has 7 nitrogen and oxygen atoms in total. The average molecular weight is 793 g/mol. The van der Waals surface area contributed by atoms with E-state index in [2.05, 4.69) is 23.2 Å². The van der Waals surface area contributed by atoms with Crippen LogP contribution in [-0.2, 0) is 21.1 Å². The fraction of sp³-hybridized carbons (Fsp3) is 0.0256. The first kappa shape index (κ1) is 28.9. The number of rotatable bonds is 6. The molecule has 9 rings (SSSR count). The van der Waals surface area contributed by atoms with Gasteiger partial charge in [-0.05, 0) is 66.6 Å². The molecule has 0 radical (unpaired) electrons. The molecule has 0 spiro atoms. The van der Waals surface area contributed by atoms with Gasteiger partial charge in [0.05, 0.1) is 0 Å². The number of aromatic nitrogens is 1. The largest absolute Gasteiger partial charge is 0.514 e. The van der Waals surface area contributed by atoms with Gasteiger partial charge in [0.25, 0.3) is 0 Å². The number of para-hydroxylation sites is 3. The molecule has 0 fully saturated rings. The monoisotopic (exact) mass is 792 g/mol. The molecule has 5 aromatic carbocycles. The van der Waals surface area contributed by atoms with Crippen molar-refractivity contribution >= 4 is 66.8 Å². The van der Waals surface area contributed by atoms with E-state index in [1.54, 1.807) is 6.20 Å². The second-order valence-electron chi connectivity index (χ2n) is 11.1. The summed E-state index contributed by atoms with van der Waals surface area (Å²) < 4.78 is 19.6. The van der Waals surface area contributed by atoms with Gasteiger partial charge in [0.15, 0.2) is 0 Å². The van der Waals surface area contributed by atoms with Crippen LogP contribution in [-0.4, -0.2) is 16.9 Å². The van der Waals surface area contributed by atoms with Crippen molar-refractivity contribution in [1.82, 2.24) is 9.88 Å². The van der Waals surface area contributed by atoms with Gasteiger partial charge in [-0.3, -0.25) is 0 Å². The number of anilines is 4. The molecule has 0 amide bonds. The van der Waals surface area contributed by atoms with Gasteiger partial charge in [0.1, 0.15) is 17.0 Å². The first-order valence-corrected chi connectivity index (χ1v) is 14.9. The minimum Gasteiger partial charge on any atom is -0.514 e. The third-order valence-electron chi connectivity index (χ3n) is 8.10. The summed E-state index contributed by atoms with van der Waals surface area (Å²) in [6.07, 6.45) is 5.73. The van der Waals surface area contributed by atoms with E-state index >= 15 is 0 Å². The predicted octanol–water partition coefficient (Wildman–Crippen LogP) is 10.1. The Balaban J connectivity index is 0.00000324. The molecule has 3 aromatic heterocycles. The van der Waals surface area contributed by atoms with Crippen LogP contribution in [0.3, 0.4) is 0 Å². The van der Waals surface area contributed by atoms with Crippen molar-refractivity contribution in [2.24, 2.45) is 0 Å². The summed E-state index contributed by atoms with van der Waals surface area (Å²) in [5.74, 6) is 1.78. The molecule has 0 bridgehead atoms. The fourth-order valence-corrected chi connectivity index (χ4v) is 6.05. The van der Waals surface area contributed by atoms with Crippen molar-refractivity contribution in [2.75, 3.05) is 16.8 Å². The Morgan fingerprint density at radius 2 is 1.49 bits per heavy atom. The SMILES string of the molecule is CN1C=CN(c2[c-]c(Oc3[c-]c(N(c4ccccc4)c4ccccn4)cc4oc5ccccc5c34)cc3c2oc2ccccc23)[CH-]1.[Pt]. The Bertz CT molecular complexity index is 2380. The van der Waals surface area contributed by atoms with Crippen molar-refractivity contribution in [1.29, 1.82) is 0 Å². The number of fused-ring (bicyclic) bond motifs is 6. The first-order chi connectivity index (χ1) is 22.7. The quantitative estimate of drug-likeness (QED) is 0.156. The minimum absolute atomic E-state index is 0. The van der Waals surface area contributed by atoms with Crippen LogP contribution in [0.5, 0.6) is 11.5 Å². The molecule has 1 aliphatic heterocycles. The van der Waals surface area contributed by atoms with Crippen LogP contribution in [0.4, 0.5) is 22.9 Å². The standard InChI is InChI=1S/C39H25N4O3.Pt/c1-41-19-20-42(25-41)32-24-28(23-31-29-13-5-7-15-33(29)46-39(31)32)44-35-21-27(22-36-38(35)30-14-6-8-16-34(30)45-36)43(26-11-3-2-4-12-26)37-17-9-10-18-40-37;/h2-20,22-23,25H,1H3;/q-3;.